The summed E-state index contributed by atoms with van der Waals surface area (Å²) in [5.74, 6) is -1.60. The Balaban J connectivity index is 2.12. The largest absolute Gasteiger partial charge is 0.478 e. The molecule has 1 aromatic heterocycles. The number of benzene rings is 1. The third-order valence-corrected chi connectivity index (χ3v) is 3.55. The van der Waals surface area contributed by atoms with Gasteiger partial charge in [0.25, 0.3) is 0 Å². The number of halogens is 3. The predicted molar refractivity (Wildman–Crippen MR) is 72.7 cm³/mol. The molecule has 0 unspecified atom stereocenters. The standard InChI is InChI=1S/C13H11F3N2O2S/c14-13(15,16)10-7-8(1-2-9(10)12(19)20)17-4-3-11-18-5-6-21-11/h1-2,5-7,17H,3-4H2,(H,19,20). The molecule has 0 amide bonds. The molecule has 0 aliphatic heterocycles. The van der Waals surface area contributed by atoms with E-state index in [1.165, 1.54) is 17.4 Å². The molecule has 0 fully saturated rings. The highest BCUT2D eigenvalue weighted by Gasteiger charge is 2.35. The van der Waals surface area contributed by atoms with E-state index in [0.29, 0.717) is 13.0 Å². The fourth-order valence-corrected chi connectivity index (χ4v) is 2.39. The monoisotopic (exact) mass is 316 g/mol. The van der Waals surface area contributed by atoms with Gasteiger partial charge in [-0.15, -0.1) is 11.3 Å². The van der Waals surface area contributed by atoms with Gasteiger partial charge in [0.1, 0.15) is 0 Å². The second-order valence-corrected chi connectivity index (χ2v) is 5.15. The van der Waals surface area contributed by atoms with Crippen molar-refractivity contribution < 1.29 is 23.1 Å². The van der Waals surface area contributed by atoms with Gasteiger partial charge in [0.05, 0.1) is 16.1 Å². The molecule has 2 aromatic rings. The van der Waals surface area contributed by atoms with Crippen LogP contribution in [0.4, 0.5) is 18.9 Å². The quantitative estimate of drug-likeness (QED) is 0.886. The first-order chi connectivity index (χ1) is 9.88. The number of carbonyl (C=O) groups is 1. The highest BCUT2D eigenvalue weighted by atomic mass is 32.1. The Morgan fingerprint density at radius 1 is 1.38 bits per heavy atom. The summed E-state index contributed by atoms with van der Waals surface area (Å²) in [5.41, 5.74) is -1.69. The molecular weight excluding hydrogens is 305 g/mol. The summed E-state index contributed by atoms with van der Waals surface area (Å²) in [5, 5.41) is 14.3. The van der Waals surface area contributed by atoms with Gasteiger partial charge in [0, 0.05) is 30.2 Å². The topological polar surface area (TPSA) is 62.2 Å². The number of rotatable bonds is 5. The molecular formula is C13H11F3N2O2S. The van der Waals surface area contributed by atoms with Crippen LogP contribution in [0.15, 0.2) is 29.8 Å². The van der Waals surface area contributed by atoms with Crippen molar-refractivity contribution in [1.82, 2.24) is 4.98 Å². The van der Waals surface area contributed by atoms with Crippen molar-refractivity contribution >= 4 is 23.0 Å². The van der Waals surface area contributed by atoms with Gasteiger partial charge in [-0.1, -0.05) is 0 Å². The van der Waals surface area contributed by atoms with Gasteiger partial charge in [-0.05, 0) is 18.2 Å². The van der Waals surface area contributed by atoms with Crippen LogP contribution in [0, 0.1) is 0 Å². The molecule has 0 saturated heterocycles. The Labute approximate surface area is 122 Å². The van der Waals surface area contributed by atoms with Crippen LogP contribution in [-0.4, -0.2) is 22.6 Å². The number of nitrogens with one attached hydrogen (secondary N) is 1. The third kappa shape index (κ3) is 3.94. The number of hydrogen-bond donors (Lipinski definition) is 2. The number of aromatic nitrogens is 1. The van der Waals surface area contributed by atoms with Gasteiger partial charge in [0.15, 0.2) is 0 Å². The molecule has 0 atom stereocenters. The van der Waals surface area contributed by atoms with Crippen molar-refractivity contribution in [2.75, 3.05) is 11.9 Å². The first kappa shape index (κ1) is 15.3. The first-order valence-electron chi connectivity index (χ1n) is 5.94. The lowest BCUT2D eigenvalue weighted by Crippen LogP contribution is -2.14. The number of nitrogens with zero attached hydrogens (tertiary/aromatic N) is 1. The van der Waals surface area contributed by atoms with E-state index in [0.717, 1.165) is 17.1 Å². The summed E-state index contributed by atoms with van der Waals surface area (Å²) in [6.07, 6.45) is -2.47. The highest BCUT2D eigenvalue weighted by molar-refractivity contribution is 7.09. The highest BCUT2D eigenvalue weighted by Crippen LogP contribution is 2.33. The molecule has 8 heteroatoms. The average Bonchev–Trinajstić information content (AvgIpc) is 2.90. The number of carboxylic acid groups (broad SMARTS) is 1. The fraction of sp³-hybridized carbons (Fsp3) is 0.231. The van der Waals surface area contributed by atoms with Gasteiger partial charge in [-0.2, -0.15) is 13.2 Å². The lowest BCUT2D eigenvalue weighted by molar-refractivity contribution is -0.138. The maximum atomic E-state index is 12.8. The van der Waals surface area contributed by atoms with Crippen molar-refractivity contribution in [3.8, 4) is 0 Å². The molecule has 1 heterocycles. The van der Waals surface area contributed by atoms with Gasteiger partial charge in [-0.25, -0.2) is 9.78 Å². The van der Waals surface area contributed by atoms with Crippen LogP contribution in [0.3, 0.4) is 0 Å². The Hall–Kier alpha value is -2.09. The Morgan fingerprint density at radius 3 is 2.71 bits per heavy atom. The Kier molecular flexibility index (Phi) is 4.46. The Bertz CT molecular complexity index is 627. The second-order valence-electron chi connectivity index (χ2n) is 4.17. The zero-order chi connectivity index (χ0) is 15.5. The molecule has 0 aliphatic carbocycles. The van der Waals surface area contributed by atoms with Gasteiger partial charge in [0.2, 0.25) is 0 Å². The van der Waals surface area contributed by atoms with E-state index in [4.69, 9.17) is 5.11 Å². The number of hydrogen-bond acceptors (Lipinski definition) is 4. The summed E-state index contributed by atoms with van der Waals surface area (Å²) in [6.45, 7) is 0.414. The Morgan fingerprint density at radius 2 is 2.14 bits per heavy atom. The van der Waals surface area contributed by atoms with Crippen molar-refractivity contribution in [2.24, 2.45) is 0 Å². The first-order valence-corrected chi connectivity index (χ1v) is 6.82. The number of alkyl halides is 3. The number of thiazole rings is 1. The third-order valence-electron chi connectivity index (χ3n) is 2.71. The molecule has 2 rings (SSSR count). The van der Waals surface area contributed by atoms with Crippen LogP contribution in [0.2, 0.25) is 0 Å². The van der Waals surface area contributed by atoms with Crippen molar-refractivity contribution in [2.45, 2.75) is 12.6 Å². The van der Waals surface area contributed by atoms with Gasteiger partial charge >= 0.3 is 12.1 Å². The number of anilines is 1. The zero-order valence-corrected chi connectivity index (χ0v) is 11.5. The number of aromatic carboxylic acids is 1. The van der Waals surface area contributed by atoms with E-state index < -0.39 is 23.3 Å². The van der Waals surface area contributed by atoms with Crippen LogP contribution >= 0.6 is 11.3 Å². The molecule has 0 saturated carbocycles. The molecule has 112 valence electrons. The predicted octanol–water partition coefficient (Wildman–Crippen LogP) is 3.51. The van der Waals surface area contributed by atoms with E-state index in [9.17, 15) is 18.0 Å². The smallest absolute Gasteiger partial charge is 0.417 e. The SMILES string of the molecule is O=C(O)c1ccc(NCCc2nccs2)cc1C(F)(F)F. The molecule has 1 aromatic carbocycles. The van der Waals surface area contributed by atoms with Crippen LogP contribution in [0.5, 0.6) is 0 Å². The summed E-state index contributed by atoms with van der Waals surface area (Å²) < 4.78 is 38.5. The zero-order valence-electron chi connectivity index (χ0n) is 10.6. The fourth-order valence-electron chi connectivity index (χ4n) is 1.77. The van der Waals surface area contributed by atoms with Crippen LogP contribution < -0.4 is 5.32 Å². The molecule has 0 bridgehead atoms. The van der Waals surface area contributed by atoms with Gasteiger partial charge in [-0.3, -0.25) is 0 Å². The molecule has 0 radical (unpaired) electrons. The van der Waals surface area contributed by atoms with Crippen LogP contribution in [0.1, 0.15) is 20.9 Å². The lowest BCUT2D eigenvalue weighted by atomic mass is 10.1. The van der Waals surface area contributed by atoms with Crippen molar-refractivity contribution in [1.29, 1.82) is 0 Å². The second kappa shape index (κ2) is 6.13. The minimum absolute atomic E-state index is 0.226. The van der Waals surface area contributed by atoms with E-state index >= 15 is 0 Å². The minimum atomic E-state index is -4.71. The summed E-state index contributed by atoms with van der Waals surface area (Å²) in [6, 6.07) is 3.09. The summed E-state index contributed by atoms with van der Waals surface area (Å²) >= 11 is 1.46. The van der Waals surface area contributed by atoms with E-state index in [1.807, 2.05) is 5.38 Å². The molecule has 21 heavy (non-hydrogen) atoms. The molecule has 0 spiro atoms. The maximum Gasteiger partial charge on any atom is 0.417 e. The summed E-state index contributed by atoms with van der Waals surface area (Å²) in [4.78, 5) is 14.9. The minimum Gasteiger partial charge on any atom is -0.478 e. The van der Waals surface area contributed by atoms with Crippen LogP contribution in [-0.2, 0) is 12.6 Å². The van der Waals surface area contributed by atoms with E-state index in [2.05, 4.69) is 10.3 Å². The van der Waals surface area contributed by atoms with Gasteiger partial charge < -0.3 is 10.4 Å². The molecule has 0 aliphatic rings. The average molecular weight is 316 g/mol. The van der Waals surface area contributed by atoms with Crippen molar-refractivity contribution in [3.05, 3.63) is 45.9 Å². The summed E-state index contributed by atoms with van der Waals surface area (Å²) in [7, 11) is 0. The molecule has 2 N–H and O–H groups in total. The molecule has 4 nitrogen and oxygen atoms in total. The maximum absolute atomic E-state index is 12.8. The lowest BCUT2D eigenvalue weighted by Gasteiger charge is -2.13. The van der Waals surface area contributed by atoms with Crippen LogP contribution in [0.25, 0.3) is 0 Å². The number of carboxylic acids is 1. The van der Waals surface area contributed by atoms with Crippen molar-refractivity contribution in [3.63, 3.8) is 0 Å². The van der Waals surface area contributed by atoms with E-state index in [1.54, 1.807) is 6.20 Å². The van der Waals surface area contributed by atoms with E-state index in [-0.39, 0.29) is 5.69 Å². The normalized spacial score (nSPS) is 11.4.